The Morgan fingerprint density at radius 2 is 1.73 bits per heavy atom. The Bertz CT molecular complexity index is 861. The van der Waals surface area contributed by atoms with Crippen LogP contribution >= 0.6 is 15.9 Å². The number of hydrogen-bond acceptors (Lipinski definition) is 3. The lowest BCUT2D eigenvalue weighted by atomic mass is 10.1. The first-order valence-electron chi connectivity index (χ1n) is 6.40. The summed E-state index contributed by atoms with van der Waals surface area (Å²) in [5.41, 5.74) is 8.20. The number of rotatable bonds is 2. The van der Waals surface area contributed by atoms with E-state index in [1.165, 1.54) is 16.8 Å². The van der Waals surface area contributed by atoms with Gasteiger partial charge in [-0.05, 0) is 36.4 Å². The Morgan fingerprint density at radius 1 is 1.09 bits per heavy atom. The quantitative estimate of drug-likeness (QED) is 0.757. The molecule has 0 radical (unpaired) electrons. The van der Waals surface area contributed by atoms with Crippen molar-refractivity contribution in [2.75, 3.05) is 5.73 Å². The number of nitriles is 1. The van der Waals surface area contributed by atoms with E-state index in [-0.39, 0.29) is 11.6 Å². The number of aromatic nitrogens is 2. The topological polar surface area (TPSA) is 67.6 Å². The Morgan fingerprint density at radius 3 is 2.32 bits per heavy atom. The summed E-state index contributed by atoms with van der Waals surface area (Å²) in [6.45, 7) is 0. The normalized spacial score (nSPS) is 10.4. The van der Waals surface area contributed by atoms with Crippen LogP contribution in [-0.2, 0) is 0 Å². The van der Waals surface area contributed by atoms with Crippen LogP contribution in [0.1, 0.15) is 5.56 Å². The molecule has 22 heavy (non-hydrogen) atoms. The van der Waals surface area contributed by atoms with Crippen LogP contribution in [0.15, 0.2) is 53.0 Å². The van der Waals surface area contributed by atoms with E-state index >= 15 is 0 Å². The molecule has 0 amide bonds. The molecule has 2 N–H and O–H groups in total. The molecule has 108 valence electrons. The SMILES string of the molecule is N#Cc1c(-c2ccc(Br)cc2)nn(-c2ccc(F)cc2)c1N. The van der Waals surface area contributed by atoms with Gasteiger partial charge in [0.15, 0.2) is 0 Å². The second-order valence-electron chi connectivity index (χ2n) is 4.62. The third kappa shape index (κ3) is 2.47. The molecule has 0 aliphatic heterocycles. The smallest absolute Gasteiger partial charge is 0.145 e. The van der Waals surface area contributed by atoms with Gasteiger partial charge in [0.2, 0.25) is 0 Å². The second kappa shape index (κ2) is 5.62. The van der Waals surface area contributed by atoms with Gasteiger partial charge in [0, 0.05) is 10.0 Å². The Kier molecular flexibility index (Phi) is 3.65. The molecular formula is C16H10BrFN4. The van der Waals surface area contributed by atoms with Crippen LogP contribution in [0.25, 0.3) is 16.9 Å². The number of nitrogens with zero attached hydrogens (tertiary/aromatic N) is 3. The lowest BCUT2D eigenvalue weighted by Gasteiger charge is -2.03. The zero-order valence-corrected chi connectivity index (χ0v) is 12.9. The van der Waals surface area contributed by atoms with E-state index in [0.717, 1.165) is 10.0 Å². The van der Waals surface area contributed by atoms with Crippen molar-refractivity contribution in [1.82, 2.24) is 9.78 Å². The van der Waals surface area contributed by atoms with E-state index in [0.29, 0.717) is 16.9 Å². The summed E-state index contributed by atoms with van der Waals surface area (Å²) in [7, 11) is 0. The van der Waals surface area contributed by atoms with Crippen molar-refractivity contribution >= 4 is 21.7 Å². The lowest BCUT2D eigenvalue weighted by Crippen LogP contribution is -2.02. The summed E-state index contributed by atoms with van der Waals surface area (Å²) in [6, 6.07) is 15.3. The largest absolute Gasteiger partial charge is 0.382 e. The van der Waals surface area contributed by atoms with Crippen molar-refractivity contribution < 1.29 is 4.39 Å². The van der Waals surface area contributed by atoms with E-state index in [2.05, 4.69) is 27.1 Å². The minimum atomic E-state index is -0.344. The predicted molar refractivity (Wildman–Crippen MR) is 85.8 cm³/mol. The molecule has 2 aromatic carbocycles. The first-order chi connectivity index (χ1) is 10.6. The van der Waals surface area contributed by atoms with Gasteiger partial charge in [-0.1, -0.05) is 28.1 Å². The van der Waals surface area contributed by atoms with Crippen LogP contribution in [0.5, 0.6) is 0 Å². The van der Waals surface area contributed by atoms with Gasteiger partial charge >= 0.3 is 0 Å². The van der Waals surface area contributed by atoms with Crippen molar-refractivity contribution in [2.45, 2.75) is 0 Å². The fourth-order valence-corrected chi connectivity index (χ4v) is 2.39. The van der Waals surface area contributed by atoms with Crippen molar-refractivity contribution in [3.05, 3.63) is 64.4 Å². The minimum absolute atomic E-state index is 0.229. The molecule has 3 aromatic rings. The highest BCUT2D eigenvalue weighted by Gasteiger charge is 2.17. The molecule has 1 aromatic heterocycles. The molecule has 0 unspecified atom stereocenters. The van der Waals surface area contributed by atoms with Crippen LogP contribution in [0.2, 0.25) is 0 Å². The highest BCUT2D eigenvalue weighted by atomic mass is 79.9. The van der Waals surface area contributed by atoms with Crippen LogP contribution in [-0.4, -0.2) is 9.78 Å². The molecule has 0 atom stereocenters. The lowest BCUT2D eigenvalue weighted by molar-refractivity contribution is 0.627. The van der Waals surface area contributed by atoms with Crippen LogP contribution < -0.4 is 5.73 Å². The molecule has 0 fully saturated rings. The number of nitrogen functional groups attached to an aromatic ring is 1. The zero-order valence-electron chi connectivity index (χ0n) is 11.3. The molecule has 3 rings (SSSR count). The highest BCUT2D eigenvalue weighted by Crippen LogP contribution is 2.29. The second-order valence-corrected chi connectivity index (χ2v) is 5.53. The van der Waals surface area contributed by atoms with Gasteiger partial charge in [-0.15, -0.1) is 0 Å². The molecule has 0 aliphatic carbocycles. The molecule has 4 nitrogen and oxygen atoms in total. The van der Waals surface area contributed by atoms with Crippen molar-refractivity contribution in [2.24, 2.45) is 0 Å². The molecule has 0 saturated carbocycles. The van der Waals surface area contributed by atoms with Crippen LogP contribution in [0.3, 0.4) is 0 Å². The Labute approximate surface area is 134 Å². The van der Waals surface area contributed by atoms with E-state index < -0.39 is 0 Å². The third-order valence-electron chi connectivity index (χ3n) is 3.22. The van der Waals surface area contributed by atoms with Gasteiger partial charge in [-0.2, -0.15) is 10.4 Å². The maximum atomic E-state index is 13.0. The molecule has 1 heterocycles. The average molecular weight is 357 g/mol. The highest BCUT2D eigenvalue weighted by molar-refractivity contribution is 9.10. The van der Waals surface area contributed by atoms with E-state index in [1.807, 2.05) is 24.3 Å². The van der Waals surface area contributed by atoms with Crippen LogP contribution in [0, 0.1) is 17.1 Å². The number of halogens is 2. The summed E-state index contributed by atoms with van der Waals surface area (Å²) in [4.78, 5) is 0. The molecule has 6 heteroatoms. The van der Waals surface area contributed by atoms with Gasteiger partial charge in [-0.3, -0.25) is 0 Å². The van der Waals surface area contributed by atoms with Gasteiger partial charge in [0.1, 0.15) is 29.0 Å². The van der Waals surface area contributed by atoms with E-state index in [1.54, 1.807) is 12.1 Å². The Hall–Kier alpha value is -2.65. The zero-order chi connectivity index (χ0) is 15.7. The Balaban J connectivity index is 2.17. The monoisotopic (exact) mass is 356 g/mol. The third-order valence-corrected chi connectivity index (χ3v) is 3.75. The first-order valence-corrected chi connectivity index (χ1v) is 7.20. The summed E-state index contributed by atoms with van der Waals surface area (Å²) >= 11 is 3.37. The summed E-state index contributed by atoms with van der Waals surface area (Å²) in [5, 5.41) is 13.8. The molecule has 0 spiro atoms. The average Bonchev–Trinajstić information content (AvgIpc) is 2.85. The predicted octanol–water partition coefficient (Wildman–Crippen LogP) is 3.89. The van der Waals surface area contributed by atoms with Gasteiger partial charge in [0.05, 0.1) is 5.69 Å². The van der Waals surface area contributed by atoms with E-state index in [9.17, 15) is 9.65 Å². The van der Waals surface area contributed by atoms with Gasteiger partial charge in [-0.25, -0.2) is 9.07 Å². The minimum Gasteiger partial charge on any atom is -0.382 e. The number of hydrogen-bond donors (Lipinski definition) is 1. The summed E-state index contributed by atoms with van der Waals surface area (Å²) in [5.74, 6) is -0.116. The van der Waals surface area contributed by atoms with Crippen molar-refractivity contribution in [3.63, 3.8) is 0 Å². The molecule has 0 bridgehead atoms. The summed E-state index contributed by atoms with van der Waals surface area (Å²) < 4.78 is 15.4. The number of nitrogens with two attached hydrogens (primary N) is 1. The van der Waals surface area contributed by atoms with Gasteiger partial charge in [0.25, 0.3) is 0 Å². The molecule has 0 aliphatic rings. The fourth-order valence-electron chi connectivity index (χ4n) is 2.13. The van der Waals surface area contributed by atoms with Crippen molar-refractivity contribution in [3.8, 4) is 23.0 Å². The maximum Gasteiger partial charge on any atom is 0.145 e. The van der Waals surface area contributed by atoms with Crippen LogP contribution in [0.4, 0.5) is 10.2 Å². The maximum absolute atomic E-state index is 13.0. The molecular weight excluding hydrogens is 347 g/mol. The fraction of sp³-hybridized carbons (Fsp3) is 0. The number of benzene rings is 2. The van der Waals surface area contributed by atoms with E-state index in [4.69, 9.17) is 5.73 Å². The molecule has 0 saturated heterocycles. The number of anilines is 1. The van der Waals surface area contributed by atoms with Gasteiger partial charge < -0.3 is 5.73 Å². The summed E-state index contributed by atoms with van der Waals surface area (Å²) in [6.07, 6.45) is 0. The van der Waals surface area contributed by atoms with Crippen molar-refractivity contribution in [1.29, 1.82) is 5.26 Å². The first kappa shape index (κ1) is 14.3. The standard InChI is InChI=1S/C16H10BrFN4/c17-11-3-1-10(2-4-11)15-14(9-19)16(20)22(21-15)13-7-5-12(18)6-8-13/h1-8H,20H2.